The maximum Gasteiger partial charge on any atom is 0.501 e. The Morgan fingerprint density at radius 2 is 1.33 bits per heavy atom. The molecule has 0 aliphatic heterocycles. The van der Waals surface area contributed by atoms with E-state index in [2.05, 4.69) is 19.6 Å². The van der Waals surface area contributed by atoms with Crippen molar-refractivity contribution in [2.75, 3.05) is 20.2 Å². The molecule has 0 unspecified atom stereocenters. The summed E-state index contributed by atoms with van der Waals surface area (Å²) in [6, 6.07) is 0.898. The molecule has 0 saturated carbocycles. The Labute approximate surface area is 119 Å². The van der Waals surface area contributed by atoms with E-state index in [1.165, 1.54) is 44.9 Å². The lowest BCUT2D eigenvalue weighted by molar-refractivity contribution is 0.117. The van der Waals surface area contributed by atoms with Crippen molar-refractivity contribution in [1.29, 1.82) is 0 Å². The quantitative estimate of drug-likeness (QED) is 0.238. The van der Waals surface area contributed by atoms with E-state index >= 15 is 0 Å². The van der Waals surface area contributed by atoms with Crippen LogP contribution in [0.2, 0.25) is 6.04 Å². The van der Waals surface area contributed by atoms with Gasteiger partial charge >= 0.3 is 8.80 Å². The normalized spacial score (nSPS) is 12.0. The fourth-order valence-electron chi connectivity index (χ4n) is 2.05. The van der Waals surface area contributed by atoms with E-state index in [-0.39, 0.29) is 0 Å². The van der Waals surface area contributed by atoms with Crippen LogP contribution in [0, 0.1) is 0 Å². The molecule has 0 aliphatic carbocycles. The Morgan fingerprint density at radius 1 is 0.833 bits per heavy atom. The van der Waals surface area contributed by atoms with Crippen molar-refractivity contribution in [1.82, 2.24) is 0 Å². The van der Waals surface area contributed by atoms with E-state index in [4.69, 9.17) is 13.3 Å². The molecule has 0 radical (unpaired) electrons. The second-order valence-electron chi connectivity index (χ2n) is 4.59. The minimum atomic E-state index is -2.40. The van der Waals surface area contributed by atoms with Crippen LogP contribution >= 0.6 is 12.6 Å². The summed E-state index contributed by atoms with van der Waals surface area (Å²) in [5.74, 6) is 0.366. The molecule has 0 rings (SSSR count). The van der Waals surface area contributed by atoms with Crippen LogP contribution in [-0.4, -0.2) is 29.0 Å². The molecule has 0 aliphatic rings. The van der Waals surface area contributed by atoms with Crippen LogP contribution in [0.4, 0.5) is 0 Å². The number of rotatable bonds is 13. The number of hydrogen-bond donors (Lipinski definition) is 1. The van der Waals surface area contributed by atoms with Crippen molar-refractivity contribution < 1.29 is 13.3 Å². The molecule has 0 heterocycles. The molecular weight excluding hydrogens is 264 g/mol. The van der Waals surface area contributed by atoms with Crippen molar-refractivity contribution in [3.05, 3.63) is 0 Å². The topological polar surface area (TPSA) is 27.7 Å². The van der Waals surface area contributed by atoms with Gasteiger partial charge in [-0.1, -0.05) is 51.9 Å². The third-order valence-corrected chi connectivity index (χ3v) is 6.41. The van der Waals surface area contributed by atoms with E-state index in [0.717, 1.165) is 12.5 Å². The summed E-state index contributed by atoms with van der Waals surface area (Å²) >= 11 is 4.09. The van der Waals surface area contributed by atoms with Gasteiger partial charge in [0.1, 0.15) is 0 Å². The summed E-state index contributed by atoms with van der Waals surface area (Å²) in [5, 5.41) is 0. The lowest BCUT2D eigenvalue weighted by Crippen LogP contribution is -2.43. The zero-order valence-electron chi connectivity index (χ0n) is 12.2. The number of thiol groups is 1. The van der Waals surface area contributed by atoms with Gasteiger partial charge in [0, 0.05) is 20.3 Å². The maximum absolute atomic E-state index is 5.55. The Morgan fingerprint density at radius 3 is 1.78 bits per heavy atom. The molecule has 5 heteroatoms. The zero-order chi connectivity index (χ0) is 13.7. The number of unbranched alkanes of at least 4 members (excludes halogenated alkanes) is 7. The van der Waals surface area contributed by atoms with E-state index in [0.29, 0.717) is 5.94 Å². The van der Waals surface area contributed by atoms with Crippen LogP contribution in [0.5, 0.6) is 0 Å². The summed E-state index contributed by atoms with van der Waals surface area (Å²) in [7, 11) is 0.940. The molecule has 0 fully saturated rings. The molecule has 0 amide bonds. The van der Waals surface area contributed by atoms with Crippen molar-refractivity contribution in [3.8, 4) is 0 Å². The molecule has 3 nitrogen and oxygen atoms in total. The fraction of sp³-hybridized carbons (Fsp3) is 1.00. The van der Waals surface area contributed by atoms with E-state index in [1.54, 1.807) is 14.2 Å². The van der Waals surface area contributed by atoms with Crippen LogP contribution in [0.15, 0.2) is 0 Å². The lowest BCUT2D eigenvalue weighted by atomic mass is 10.1. The van der Waals surface area contributed by atoms with Gasteiger partial charge in [0.2, 0.25) is 0 Å². The van der Waals surface area contributed by atoms with E-state index in [9.17, 15) is 0 Å². The van der Waals surface area contributed by atoms with Gasteiger partial charge in [0.25, 0.3) is 0 Å². The van der Waals surface area contributed by atoms with Crippen LogP contribution in [0.1, 0.15) is 58.3 Å². The lowest BCUT2D eigenvalue weighted by Gasteiger charge is -2.25. The molecule has 0 atom stereocenters. The maximum atomic E-state index is 5.55. The Bertz CT molecular complexity index is 178. The predicted octanol–water partition coefficient (Wildman–Crippen LogP) is 4.26. The molecule has 0 N–H and O–H groups in total. The average molecular weight is 295 g/mol. The van der Waals surface area contributed by atoms with Crippen LogP contribution in [0.25, 0.3) is 0 Å². The largest absolute Gasteiger partial charge is 0.501 e. The smallest absolute Gasteiger partial charge is 0.377 e. The molecule has 0 bridgehead atoms. The fourth-order valence-corrected chi connectivity index (χ4v) is 4.48. The molecular formula is C13H30O3SSi. The first-order valence-electron chi connectivity index (χ1n) is 7.09. The van der Waals surface area contributed by atoms with Crippen molar-refractivity contribution in [2.24, 2.45) is 0 Å². The van der Waals surface area contributed by atoms with Gasteiger partial charge in [-0.15, -0.1) is 0 Å². The standard InChI is InChI=1S/C13H30O3SSi/c1-4-5-6-7-8-9-10-11-12-18(14-2,15-3)16-13-17/h17H,4-13H2,1-3H3. The average Bonchev–Trinajstić information content (AvgIpc) is 2.40. The molecule has 110 valence electrons. The van der Waals surface area contributed by atoms with Gasteiger partial charge in [-0.25, -0.2) is 0 Å². The van der Waals surface area contributed by atoms with Gasteiger partial charge < -0.3 is 13.3 Å². The summed E-state index contributed by atoms with van der Waals surface area (Å²) < 4.78 is 16.4. The number of hydrogen-bond acceptors (Lipinski definition) is 4. The van der Waals surface area contributed by atoms with Crippen molar-refractivity contribution in [3.63, 3.8) is 0 Å². The molecule has 0 aromatic carbocycles. The zero-order valence-corrected chi connectivity index (χ0v) is 14.1. The van der Waals surface area contributed by atoms with E-state index in [1.807, 2.05) is 0 Å². The highest BCUT2D eigenvalue weighted by Crippen LogP contribution is 2.19. The SMILES string of the molecule is CCCCCCCCCC[Si](OC)(OC)OCS. The first-order valence-corrected chi connectivity index (χ1v) is 9.66. The third kappa shape index (κ3) is 8.53. The Hall–Kier alpha value is 0.447. The van der Waals surface area contributed by atoms with Crippen LogP contribution in [-0.2, 0) is 13.3 Å². The summed E-state index contributed by atoms with van der Waals surface area (Å²) in [4.78, 5) is 0. The minimum Gasteiger partial charge on any atom is -0.377 e. The van der Waals surface area contributed by atoms with Crippen LogP contribution < -0.4 is 0 Å². The molecule has 0 aromatic heterocycles. The molecule has 0 aromatic rings. The van der Waals surface area contributed by atoms with Gasteiger partial charge in [-0.2, -0.15) is 12.6 Å². The van der Waals surface area contributed by atoms with Gasteiger partial charge in [-0.05, 0) is 6.42 Å². The van der Waals surface area contributed by atoms with Crippen molar-refractivity contribution >= 4 is 21.4 Å². The molecule has 18 heavy (non-hydrogen) atoms. The van der Waals surface area contributed by atoms with E-state index < -0.39 is 8.80 Å². The molecule has 0 saturated heterocycles. The van der Waals surface area contributed by atoms with Gasteiger partial charge in [0.05, 0.1) is 5.94 Å². The second-order valence-corrected chi connectivity index (χ2v) is 7.82. The molecule has 0 spiro atoms. The summed E-state index contributed by atoms with van der Waals surface area (Å²) in [6.45, 7) is 2.25. The van der Waals surface area contributed by atoms with Gasteiger partial charge in [-0.3, -0.25) is 0 Å². The highest BCUT2D eigenvalue weighted by molar-refractivity contribution is 7.80. The summed E-state index contributed by atoms with van der Waals surface area (Å²) in [5.41, 5.74) is 0. The Balaban J connectivity index is 3.55. The highest BCUT2D eigenvalue weighted by atomic mass is 32.1. The minimum absolute atomic E-state index is 0.366. The van der Waals surface area contributed by atoms with Crippen LogP contribution in [0.3, 0.4) is 0 Å². The first kappa shape index (κ1) is 18.4. The van der Waals surface area contributed by atoms with Gasteiger partial charge in [0.15, 0.2) is 0 Å². The predicted molar refractivity (Wildman–Crippen MR) is 82.1 cm³/mol. The first-order chi connectivity index (χ1) is 8.74. The Kier molecular flexibility index (Phi) is 12.8. The monoisotopic (exact) mass is 294 g/mol. The summed E-state index contributed by atoms with van der Waals surface area (Å²) in [6.07, 6.45) is 10.5. The third-order valence-electron chi connectivity index (χ3n) is 3.24. The second kappa shape index (κ2) is 12.5. The van der Waals surface area contributed by atoms with Crippen molar-refractivity contribution in [2.45, 2.75) is 64.3 Å². The highest BCUT2D eigenvalue weighted by Gasteiger charge is 2.37.